The average molecular weight is 396 g/mol. The second kappa shape index (κ2) is 12.3. The summed E-state index contributed by atoms with van der Waals surface area (Å²) in [5, 5.41) is -0.195. The Kier molecular flexibility index (Phi) is 11.6. The van der Waals surface area contributed by atoms with Crippen LogP contribution in [0.15, 0.2) is 60.7 Å². The van der Waals surface area contributed by atoms with E-state index in [1.54, 1.807) is 7.05 Å². The molecule has 0 heterocycles. The van der Waals surface area contributed by atoms with Gasteiger partial charge >= 0.3 is 5.20 Å². The topological polar surface area (TPSA) is 49.4 Å². The molecular weight excluding hydrogens is 378 g/mol. The van der Waals surface area contributed by atoms with Crippen molar-refractivity contribution in [2.24, 2.45) is 0 Å². The summed E-state index contributed by atoms with van der Waals surface area (Å²) in [5.74, 6) is 0. The summed E-state index contributed by atoms with van der Waals surface area (Å²) in [6.45, 7) is 0. The Morgan fingerprint density at radius 2 is 1.35 bits per heavy atom. The van der Waals surface area contributed by atoms with Crippen molar-refractivity contribution in [3.63, 3.8) is 0 Å². The number of amides is 1. The van der Waals surface area contributed by atoms with Gasteiger partial charge in [0.15, 0.2) is 0 Å². The maximum absolute atomic E-state index is 10.2. The first-order valence-corrected chi connectivity index (χ1v) is 10.8. The average Bonchev–Trinajstić information content (AvgIpc) is 2.55. The van der Waals surface area contributed by atoms with E-state index in [2.05, 4.69) is 39.0 Å². The van der Waals surface area contributed by atoms with Crippen LogP contribution in [0.2, 0.25) is 0 Å². The molecule has 4 nitrogen and oxygen atoms in total. The fourth-order valence-electron chi connectivity index (χ4n) is 1.33. The number of carbonyl (C=O) groups is 1. The molecule has 0 saturated heterocycles. The van der Waals surface area contributed by atoms with E-state index in [9.17, 15) is 9.36 Å². The minimum absolute atomic E-state index is 0.787. The summed E-state index contributed by atoms with van der Waals surface area (Å²) in [6, 6.07) is 19.5. The van der Waals surface area contributed by atoms with Gasteiger partial charge in [0.2, 0.25) is 6.41 Å². The zero-order valence-corrected chi connectivity index (χ0v) is 15.9. The molecule has 0 aromatic heterocycles. The van der Waals surface area contributed by atoms with Crippen LogP contribution < -0.4 is 10.2 Å². The van der Waals surface area contributed by atoms with Crippen molar-refractivity contribution in [3.05, 3.63) is 60.7 Å². The molecule has 0 atom stereocenters. The molecule has 0 radical (unpaired) electrons. The van der Waals surface area contributed by atoms with Crippen molar-refractivity contribution in [3.8, 4) is 0 Å². The van der Waals surface area contributed by atoms with Gasteiger partial charge in [-0.25, -0.2) is 0 Å². The fraction of sp³-hybridized carbons (Fsp3) is 0.133. The standard InChI is InChI=1S/C8H9NO.C7H9N.Cl3OP/c1-9(7-10)8-5-3-2-4-6-8;1-8-7-5-3-2-4-6-7;1-5(2,3)4/h2-7H,1H3;2-6,8H,1H3;. The minimum atomic E-state index is -3.22. The van der Waals surface area contributed by atoms with E-state index in [0.29, 0.717) is 0 Å². The van der Waals surface area contributed by atoms with Crippen molar-refractivity contribution < 1.29 is 9.36 Å². The number of anilines is 2. The number of carbonyl (C=O) groups excluding carboxylic acids is 1. The first-order valence-electron chi connectivity index (χ1n) is 6.43. The second-order valence-corrected chi connectivity index (χ2v) is 10.7. The van der Waals surface area contributed by atoms with E-state index >= 15 is 0 Å². The zero-order valence-electron chi connectivity index (χ0n) is 12.7. The zero-order chi connectivity index (χ0) is 17.7. The van der Waals surface area contributed by atoms with E-state index in [1.807, 2.05) is 67.7 Å². The van der Waals surface area contributed by atoms with Crippen LogP contribution in [0, 0.1) is 0 Å². The van der Waals surface area contributed by atoms with E-state index in [-0.39, 0.29) is 0 Å². The molecule has 2 rings (SSSR count). The largest absolute Gasteiger partial charge is 0.388 e. The molecule has 2 aromatic carbocycles. The first-order chi connectivity index (χ1) is 10.8. The van der Waals surface area contributed by atoms with Crippen LogP contribution in [0.4, 0.5) is 11.4 Å². The van der Waals surface area contributed by atoms with Crippen LogP contribution in [-0.4, -0.2) is 20.5 Å². The summed E-state index contributed by atoms with van der Waals surface area (Å²) < 4.78 is 9.51. The number of hydrogen-bond acceptors (Lipinski definition) is 3. The molecule has 0 fully saturated rings. The van der Waals surface area contributed by atoms with Crippen molar-refractivity contribution in [1.82, 2.24) is 0 Å². The molecule has 126 valence electrons. The number of nitrogens with one attached hydrogen (secondary N) is 1. The monoisotopic (exact) mass is 394 g/mol. The van der Waals surface area contributed by atoms with Gasteiger partial charge < -0.3 is 10.2 Å². The molecule has 1 amide bonds. The van der Waals surface area contributed by atoms with Crippen LogP contribution in [-0.2, 0) is 9.36 Å². The minimum Gasteiger partial charge on any atom is -0.388 e. The molecule has 2 aromatic rings. The van der Waals surface area contributed by atoms with Crippen LogP contribution in [0.25, 0.3) is 0 Å². The number of para-hydroxylation sites is 2. The van der Waals surface area contributed by atoms with Gasteiger partial charge in [0.05, 0.1) is 0 Å². The van der Waals surface area contributed by atoms with Crippen LogP contribution >= 0.6 is 38.9 Å². The lowest BCUT2D eigenvalue weighted by atomic mass is 10.3. The Morgan fingerprint density at radius 3 is 1.65 bits per heavy atom. The maximum atomic E-state index is 10.2. The number of rotatable bonds is 3. The Labute approximate surface area is 151 Å². The highest BCUT2D eigenvalue weighted by Crippen LogP contribution is 2.61. The molecule has 0 aliphatic heterocycles. The van der Waals surface area contributed by atoms with Crippen LogP contribution in [0.5, 0.6) is 0 Å². The second-order valence-electron chi connectivity index (χ2n) is 4.07. The summed E-state index contributed by atoms with van der Waals surface area (Å²) >= 11 is 13.8. The summed E-state index contributed by atoms with van der Waals surface area (Å²) in [7, 11) is 3.64. The quantitative estimate of drug-likeness (QED) is 0.526. The van der Waals surface area contributed by atoms with Gasteiger partial charge in [-0.1, -0.05) is 36.4 Å². The number of hydrogen-bond donors (Lipinski definition) is 1. The van der Waals surface area contributed by atoms with Gasteiger partial charge in [0.25, 0.3) is 0 Å². The molecule has 0 aliphatic carbocycles. The highest BCUT2D eigenvalue weighted by molar-refractivity contribution is 8.24. The smallest absolute Gasteiger partial charge is 0.339 e. The molecular formula is C15H18Cl3N2O2P. The maximum Gasteiger partial charge on any atom is 0.339 e. The molecule has 0 aliphatic rings. The molecule has 0 unspecified atom stereocenters. The van der Waals surface area contributed by atoms with E-state index in [1.165, 1.54) is 4.90 Å². The van der Waals surface area contributed by atoms with E-state index in [0.717, 1.165) is 17.8 Å². The van der Waals surface area contributed by atoms with Crippen molar-refractivity contribution in [2.75, 3.05) is 24.3 Å². The highest BCUT2D eigenvalue weighted by Gasteiger charge is 2.03. The lowest BCUT2D eigenvalue weighted by molar-refractivity contribution is -0.107. The first kappa shape index (κ1) is 21.8. The van der Waals surface area contributed by atoms with Crippen molar-refractivity contribution >= 4 is 56.7 Å². The predicted molar refractivity (Wildman–Crippen MR) is 102 cm³/mol. The van der Waals surface area contributed by atoms with E-state index < -0.39 is 5.20 Å². The fourth-order valence-corrected chi connectivity index (χ4v) is 1.33. The van der Waals surface area contributed by atoms with Crippen LogP contribution in [0.3, 0.4) is 0 Å². The van der Waals surface area contributed by atoms with Crippen LogP contribution in [0.1, 0.15) is 0 Å². The van der Waals surface area contributed by atoms with Gasteiger partial charge in [-0.2, -0.15) is 0 Å². The summed E-state index contributed by atoms with van der Waals surface area (Å²) in [4.78, 5) is 11.8. The number of halogens is 3. The normalized spacial score (nSPS) is 9.43. The molecule has 23 heavy (non-hydrogen) atoms. The van der Waals surface area contributed by atoms with E-state index in [4.69, 9.17) is 0 Å². The highest BCUT2D eigenvalue weighted by atomic mass is 36.0. The Morgan fingerprint density at radius 1 is 0.957 bits per heavy atom. The third-order valence-corrected chi connectivity index (χ3v) is 2.38. The van der Waals surface area contributed by atoms with Gasteiger partial charge in [0, 0.05) is 25.5 Å². The molecule has 0 bridgehead atoms. The number of nitrogens with zero attached hydrogens (tertiary/aromatic N) is 1. The molecule has 0 spiro atoms. The SMILES string of the molecule is CN(C=O)c1ccccc1.CNc1ccccc1.O=P(Cl)(Cl)Cl. The lowest BCUT2D eigenvalue weighted by Gasteiger charge is -2.08. The third-order valence-electron chi connectivity index (χ3n) is 2.38. The van der Waals surface area contributed by atoms with Crippen molar-refractivity contribution in [1.29, 1.82) is 0 Å². The molecule has 0 saturated carbocycles. The molecule has 8 heteroatoms. The number of benzene rings is 2. The third kappa shape index (κ3) is 14.2. The van der Waals surface area contributed by atoms with Gasteiger partial charge in [-0.15, -0.1) is 0 Å². The van der Waals surface area contributed by atoms with Gasteiger partial charge in [-0.3, -0.25) is 9.36 Å². The van der Waals surface area contributed by atoms with Crippen molar-refractivity contribution in [2.45, 2.75) is 0 Å². The van der Waals surface area contributed by atoms with Gasteiger partial charge in [0.1, 0.15) is 0 Å². The summed E-state index contributed by atoms with van der Waals surface area (Å²) in [5.41, 5.74) is 2.07. The summed E-state index contributed by atoms with van der Waals surface area (Å²) in [6.07, 6.45) is 0.787. The Hall–Kier alpha value is -1.19. The Balaban J connectivity index is 0.000000335. The van der Waals surface area contributed by atoms with Gasteiger partial charge in [-0.05, 0) is 58.0 Å². The Bertz CT molecular complexity index is 586. The molecule has 1 N–H and O–H groups in total. The predicted octanol–water partition coefficient (Wildman–Crippen LogP) is 5.82. The lowest BCUT2D eigenvalue weighted by Crippen LogP contribution is -2.12.